The molecule has 28 heavy (non-hydrogen) atoms. The number of ether oxygens (including phenoxy) is 2. The van der Waals surface area contributed by atoms with Crippen molar-refractivity contribution in [2.75, 3.05) is 31.2 Å². The molecule has 0 aliphatic carbocycles. The van der Waals surface area contributed by atoms with E-state index in [0.717, 1.165) is 48.8 Å². The number of para-hydroxylation sites is 1. The molecule has 3 heterocycles. The first kappa shape index (κ1) is 18.6. The summed E-state index contributed by atoms with van der Waals surface area (Å²) in [5.74, 6) is 2.33. The standard InChI is InChI=1S/C21H27N5O2/c1-15-14-26(9-11-27-15)20-7-6-16(12-23-20)13-24-21(22)25-18-8-10-28-19-5-3-2-4-17(18)19/h2-7,12,15,18H,8-11,13-14H2,1H3,(H3,22,24,25). The van der Waals surface area contributed by atoms with E-state index in [-0.39, 0.29) is 12.1 Å². The predicted molar refractivity (Wildman–Crippen MR) is 110 cm³/mol. The fourth-order valence-corrected chi connectivity index (χ4v) is 3.62. The average Bonchev–Trinajstić information content (AvgIpc) is 2.73. The Labute approximate surface area is 165 Å². The Balaban J connectivity index is 1.35. The molecule has 2 atom stereocenters. The zero-order valence-corrected chi connectivity index (χ0v) is 16.2. The third-order valence-electron chi connectivity index (χ3n) is 5.09. The highest BCUT2D eigenvalue weighted by Gasteiger charge is 2.21. The van der Waals surface area contributed by atoms with Crippen molar-refractivity contribution in [1.29, 1.82) is 0 Å². The first-order valence-electron chi connectivity index (χ1n) is 9.79. The number of nitrogens with zero attached hydrogens (tertiary/aromatic N) is 3. The maximum absolute atomic E-state index is 6.13. The van der Waals surface area contributed by atoms with Gasteiger partial charge in [0.15, 0.2) is 5.96 Å². The van der Waals surface area contributed by atoms with E-state index < -0.39 is 0 Å². The fraction of sp³-hybridized carbons (Fsp3) is 0.429. The fourth-order valence-electron chi connectivity index (χ4n) is 3.62. The van der Waals surface area contributed by atoms with Gasteiger partial charge in [0, 0.05) is 31.3 Å². The second-order valence-electron chi connectivity index (χ2n) is 7.23. The van der Waals surface area contributed by atoms with Crippen LogP contribution in [0.2, 0.25) is 0 Å². The summed E-state index contributed by atoms with van der Waals surface area (Å²) in [5, 5.41) is 3.32. The molecule has 0 spiro atoms. The Morgan fingerprint density at radius 1 is 1.29 bits per heavy atom. The molecule has 7 heteroatoms. The van der Waals surface area contributed by atoms with Crippen molar-refractivity contribution in [2.24, 2.45) is 10.7 Å². The van der Waals surface area contributed by atoms with Gasteiger partial charge in [0.1, 0.15) is 11.6 Å². The molecule has 3 N–H and O–H groups in total. The van der Waals surface area contributed by atoms with Crippen LogP contribution in [0.4, 0.5) is 5.82 Å². The lowest BCUT2D eigenvalue weighted by Crippen LogP contribution is -2.41. The van der Waals surface area contributed by atoms with Gasteiger partial charge in [0.25, 0.3) is 0 Å². The average molecular weight is 381 g/mol. The number of pyridine rings is 1. The minimum atomic E-state index is 0.123. The molecule has 2 aliphatic heterocycles. The number of nitrogens with two attached hydrogens (primary N) is 1. The number of hydrogen-bond acceptors (Lipinski definition) is 5. The molecule has 2 aliphatic rings. The third kappa shape index (κ3) is 4.36. The van der Waals surface area contributed by atoms with E-state index in [1.165, 1.54) is 0 Å². The second kappa shape index (κ2) is 8.48. The molecule has 2 aromatic rings. The van der Waals surface area contributed by atoms with E-state index in [1.807, 2.05) is 30.5 Å². The Morgan fingerprint density at radius 3 is 3.00 bits per heavy atom. The molecule has 4 rings (SSSR count). The van der Waals surface area contributed by atoms with E-state index in [4.69, 9.17) is 15.2 Å². The van der Waals surface area contributed by atoms with Crippen LogP contribution in [-0.2, 0) is 11.3 Å². The van der Waals surface area contributed by atoms with Crippen molar-refractivity contribution in [2.45, 2.75) is 32.0 Å². The summed E-state index contributed by atoms with van der Waals surface area (Å²) in [5.41, 5.74) is 8.28. The van der Waals surface area contributed by atoms with Crippen LogP contribution >= 0.6 is 0 Å². The SMILES string of the molecule is CC1CN(c2ccc(CN=C(N)NC3CCOc4ccccc43)cn2)CCO1. The molecule has 0 amide bonds. The maximum atomic E-state index is 6.13. The lowest BCUT2D eigenvalue weighted by atomic mass is 10.0. The van der Waals surface area contributed by atoms with Crippen molar-refractivity contribution < 1.29 is 9.47 Å². The zero-order chi connectivity index (χ0) is 19.3. The number of aromatic nitrogens is 1. The smallest absolute Gasteiger partial charge is 0.189 e. The van der Waals surface area contributed by atoms with Crippen molar-refractivity contribution in [3.8, 4) is 5.75 Å². The first-order valence-corrected chi connectivity index (χ1v) is 9.79. The Bertz CT molecular complexity index is 824. The van der Waals surface area contributed by atoms with Crippen LogP contribution in [-0.4, -0.2) is 43.4 Å². The number of anilines is 1. The van der Waals surface area contributed by atoms with Crippen LogP contribution in [0, 0.1) is 0 Å². The molecule has 0 saturated carbocycles. The third-order valence-corrected chi connectivity index (χ3v) is 5.09. The number of rotatable bonds is 4. The second-order valence-corrected chi connectivity index (χ2v) is 7.23. The van der Waals surface area contributed by atoms with Gasteiger partial charge in [0.05, 0.1) is 31.9 Å². The molecule has 1 fully saturated rings. The lowest BCUT2D eigenvalue weighted by Gasteiger charge is -2.32. The van der Waals surface area contributed by atoms with Gasteiger partial charge in [-0.25, -0.2) is 9.98 Å². The van der Waals surface area contributed by atoms with E-state index >= 15 is 0 Å². The summed E-state index contributed by atoms with van der Waals surface area (Å²) >= 11 is 0. The molecule has 2 unspecified atom stereocenters. The molecule has 148 valence electrons. The summed E-state index contributed by atoms with van der Waals surface area (Å²) in [6.07, 6.45) is 2.97. The van der Waals surface area contributed by atoms with Gasteiger partial charge in [-0.2, -0.15) is 0 Å². The van der Waals surface area contributed by atoms with Crippen molar-refractivity contribution >= 4 is 11.8 Å². The highest BCUT2D eigenvalue weighted by Crippen LogP contribution is 2.31. The molecule has 0 radical (unpaired) electrons. The number of fused-ring (bicyclic) bond motifs is 1. The Hall–Kier alpha value is -2.80. The quantitative estimate of drug-likeness (QED) is 0.624. The number of hydrogen-bond donors (Lipinski definition) is 2. The number of morpholine rings is 1. The molecule has 1 saturated heterocycles. The molecular weight excluding hydrogens is 354 g/mol. The molecule has 1 aromatic heterocycles. The summed E-state index contributed by atoms with van der Waals surface area (Å²) < 4.78 is 11.3. The van der Waals surface area contributed by atoms with Crippen LogP contribution < -0.4 is 20.7 Å². The molecule has 7 nitrogen and oxygen atoms in total. The monoisotopic (exact) mass is 381 g/mol. The van der Waals surface area contributed by atoms with Gasteiger partial charge in [-0.1, -0.05) is 24.3 Å². The number of nitrogens with one attached hydrogen (secondary N) is 1. The lowest BCUT2D eigenvalue weighted by molar-refractivity contribution is 0.0529. The van der Waals surface area contributed by atoms with Gasteiger partial charge in [-0.3, -0.25) is 0 Å². The van der Waals surface area contributed by atoms with Crippen molar-refractivity contribution in [3.63, 3.8) is 0 Å². The van der Waals surface area contributed by atoms with Gasteiger partial charge in [-0.15, -0.1) is 0 Å². The highest BCUT2D eigenvalue weighted by molar-refractivity contribution is 5.78. The molecular formula is C21H27N5O2. The number of benzene rings is 1. The van der Waals surface area contributed by atoms with Gasteiger partial charge in [0.2, 0.25) is 0 Å². The Kier molecular flexibility index (Phi) is 5.62. The largest absolute Gasteiger partial charge is 0.493 e. The van der Waals surface area contributed by atoms with Crippen LogP contribution in [0.25, 0.3) is 0 Å². The Morgan fingerprint density at radius 2 is 2.18 bits per heavy atom. The summed E-state index contributed by atoms with van der Waals surface area (Å²) in [4.78, 5) is 11.3. The van der Waals surface area contributed by atoms with E-state index in [0.29, 0.717) is 19.1 Å². The number of guanidine groups is 1. The number of aliphatic imine (C=N–C) groups is 1. The van der Waals surface area contributed by atoms with Gasteiger partial charge in [-0.05, 0) is 24.6 Å². The maximum Gasteiger partial charge on any atom is 0.189 e. The van der Waals surface area contributed by atoms with Gasteiger partial charge < -0.3 is 25.4 Å². The van der Waals surface area contributed by atoms with E-state index in [1.54, 1.807) is 0 Å². The van der Waals surface area contributed by atoms with E-state index in [9.17, 15) is 0 Å². The minimum Gasteiger partial charge on any atom is -0.493 e. The summed E-state index contributed by atoms with van der Waals surface area (Å²) in [6.45, 7) is 5.74. The van der Waals surface area contributed by atoms with E-state index in [2.05, 4.69) is 39.2 Å². The van der Waals surface area contributed by atoms with Crippen molar-refractivity contribution in [3.05, 3.63) is 53.7 Å². The van der Waals surface area contributed by atoms with Crippen LogP contribution in [0.1, 0.15) is 30.5 Å². The predicted octanol–water partition coefficient (Wildman–Crippen LogP) is 2.23. The topological polar surface area (TPSA) is 85.0 Å². The van der Waals surface area contributed by atoms with Gasteiger partial charge >= 0.3 is 0 Å². The van der Waals surface area contributed by atoms with Crippen LogP contribution in [0.5, 0.6) is 5.75 Å². The molecule has 0 bridgehead atoms. The minimum absolute atomic E-state index is 0.123. The normalized spacial score (nSPS) is 22.3. The molecule has 1 aromatic carbocycles. The highest BCUT2D eigenvalue weighted by atomic mass is 16.5. The van der Waals surface area contributed by atoms with Crippen LogP contribution in [0.3, 0.4) is 0 Å². The van der Waals surface area contributed by atoms with Crippen LogP contribution in [0.15, 0.2) is 47.6 Å². The summed E-state index contributed by atoms with van der Waals surface area (Å²) in [6, 6.07) is 12.3. The van der Waals surface area contributed by atoms with Crippen molar-refractivity contribution in [1.82, 2.24) is 10.3 Å². The zero-order valence-electron chi connectivity index (χ0n) is 16.2. The summed E-state index contributed by atoms with van der Waals surface area (Å²) in [7, 11) is 0. The first-order chi connectivity index (χ1) is 13.7.